The molecule has 3 rings (SSSR count). The summed E-state index contributed by atoms with van der Waals surface area (Å²) in [4.78, 5) is 29.8. The second-order valence-electron chi connectivity index (χ2n) is 4.12. The smallest absolute Gasteiger partial charge is 0.331 e. The number of aromatic amines is 1. The molecule has 0 saturated heterocycles. The molecule has 0 saturated carbocycles. The highest BCUT2D eigenvalue weighted by Crippen LogP contribution is 2.33. The molecule has 0 fully saturated rings. The quantitative estimate of drug-likeness (QED) is 0.842. The van der Waals surface area contributed by atoms with Crippen LogP contribution in [0.3, 0.4) is 0 Å². The van der Waals surface area contributed by atoms with E-state index in [1.807, 2.05) is 5.38 Å². The summed E-state index contributed by atoms with van der Waals surface area (Å²) in [5, 5.41) is 17.3. The van der Waals surface area contributed by atoms with Crippen LogP contribution < -0.4 is 0 Å². The summed E-state index contributed by atoms with van der Waals surface area (Å²) < 4.78 is 0. The van der Waals surface area contributed by atoms with E-state index in [-0.39, 0.29) is 5.82 Å². The molecule has 0 bridgehead atoms. The third-order valence-electron chi connectivity index (χ3n) is 3.08. The lowest BCUT2D eigenvalue weighted by Crippen LogP contribution is -2.43. The van der Waals surface area contributed by atoms with E-state index in [0.717, 1.165) is 4.88 Å². The number of fused-ring (bicyclic) bond motifs is 1. The average molecular weight is 278 g/mol. The maximum Gasteiger partial charge on any atom is 0.331 e. The molecule has 0 aliphatic carbocycles. The first-order valence-electron chi connectivity index (χ1n) is 5.64. The van der Waals surface area contributed by atoms with E-state index in [2.05, 4.69) is 15.2 Å². The Balaban J connectivity index is 1.98. The molecule has 7 nitrogen and oxygen atoms in total. The molecule has 0 radical (unpaired) electrons. The highest BCUT2D eigenvalue weighted by Gasteiger charge is 2.37. The van der Waals surface area contributed by atoms with Gasteiger partial charge in [0.25, 0.3) is 5.91 Å². The number of rotatable bonds is 2. The number of aliphatic carboxylic acids is 1. The van der Waals surface area contributed by atoms with Gasteiger partial charge in [0, 0.05) is 11.4 Å². The van der Waals surface area contributed by atoms with Gasteiger partial charge < -0.3 is 10.0 Å². The molecule has 1 aliphatic rings. The molecule has 2 aromatic rings. The van der Waals surface area contributed by atoms with Crippen molar-refractivity contribution in [1.29, 1.82) is 0 Å². The molecule has 1 amide bonds. The second kappa shape index (κ2) is 4.47. The first kappa shape index (κ1) is 11.8. The highest BCUT2D eigenvalue weighted by atomic mass is 32.1. The van der Waals surface area contributed by atoms with E-state index in [0.29, 0.717) is 18.5 Å². The van der Waals surface area contributed by atoms with E-state index in [1.165, 1.54) is 22.6 Å². The summed E-state index contributed by atoms with van der Waals surface area (Å²) >= 11 is 1.52. The lowest BCUT2D eigenvalue weighted by molar-refractivity contribution is -0.143. The number of H-pyrrole nitrogens is 1. The Morgan fingerprint density at radius 2 is 2.37 bits per heavy atom. The van der Waals surface area contributed by atoms with Gasteiger partial charge in [-0.15, -0.1) is 11.3 Å². The SMILES string of the molecule is O=C(O)C1c2ccsc2CCN1C(=O)c1ncn[nH]1. The fourth-order valence-corrected chi connectivity index (χ4v) is 3.15. The Morgan fingerprint density at radius 3 is 3.05 bits per heavy atom. The zero-order valence-electron chi connectivity index (χ0n) is 9.74. The minimum atomic E-state index is -1.03. The topological polar surface area (TPSA) is 99.2 Å². The molecule has 1 unspecified atom stereocenters. The van der Waals surface area contributed by atoms with Gasteiger partial charge in [0.05, 0.1) is 0 Å². The number of nitrogens with zero attached hydrogens (tertiary/aromatic N) is 3. The normalized spacial score (nSPS) is 18.1. The number of aromatic nitrogens is 3. The molecular formula is C11H10N4O3S. The third kappa shape index (κ3) is 1.89. The van der Waals surface area contributed by atoms with Crippen molar-refractivity contribution in [3.05, 3.63) is 34.0 Å². The molecule has 2 aromatic heterocycles. The number of hydrogen-bond acceptors (Lipinski definition) is 5. The van der Waals surface area contributed by atoms with Crippen molar-refractivity contribution < 1.29 is 14.7 Å². The monoisotopic (exact) mass is 278 g/mol. The Morgan fingerprint density at radius 1 is 1.53 bits per heavy atom. The maximum absolute atomic E-state index is 12.2. The minimum Gasteiger partial charge on any atom is -0.479 e. The summed E-state index contributed by atoms with van der Waals surface area (Å²) in [6.45, 7) is 0.365. The van der Waals surface area contributed by atoms with Gasteiger partial charge in [-0.1, -0.05) is 0 Å². The van der Waals surface area contributed by atoms with Gasteiger partial charge >= 0.3 is 5.97 Å². The van der Waals surface area contributed by atoms with Gasteiger partial charge in [-0.2, -0.15) is 5.10 Å². The van der Waals surface area contributed by atoms with Crippen molar-refractivity contribution in [3.8, 4) is 0 Å². The summed E-state index contributed by atoms with van der Waals surface area (Å²) in [7, 11) is 0. The molecule has 19 heavy (non-hydrogen) atoms. The van der Waals surface area contributed by atoms with E-state index in [1.54, 1.807) is 6.07 Å². The zero-order valence-corrected chi connectivity index (χ0v) is 10.6. The molecule has 0 aromatic carbocycles. The molecule has 3 heterocycles. The standard InChI is InChI=1S/C11H10N4O3S/c16-10(9-12-5-13-14-9)15-3-1-7-6(2-4-19-7)8(15)11(17)18/h2,4-5,8H,1,3H2,(H,17,18)(H,12,13,14). The second-order valence-corrected chi connectivity index (χ2v) is 5.12. The molecule has 2 N–H and O–H groups in total. The number of nitrogens with one attached hydrogen (secondary N) is 1. The van der Waals surface area contributed by atoms with Crippen LogP contribution in [0.15, 0.2) is 17.8 Å². The Labute approximate surface area is 111 Å². The lowest BCUT2D eigenvalue weighted by atomic mass is 10.00. The fraction of sp³-hybridized carbons (Fsp3) is 0.273. The summed E-state index contributed by atoms with van der Waals surface area (Å²) in [6, 6.07) is 0.811. The number of thiophene rings is 1. The molecular weight excluding hydrogens is 268 g/mol. The van der Waals surface area contributed by atoms with Gasteiger partial charge in [0.2, 0.25) is 5.82 Å². The predicted octanol–water partition coefficient (Wildman–Crippen LogP) is 0.690. The number of hydrogen-bond donors (Lipinski definition) is 2. The fourth-order valence-electron chi connectivity index (χ4n) is 2.25. The van der Waals surface area contributed by atoms with Crippen molar-refractivity contribution >= 4 is 23.2 Å². The van der Waals surface area contributed by atoms with Gasteiger partial charge in [-0.05, 0) is 23.4 Å². The van der Waals surface area contributed by atoms with Crippen molar-refractivity contribution in [3.63, 3.8) is 0 Å². The van der Waals surface area contributed by atoms with Crippen molar-refractivity contribution in [2.45, 2.75) is 12.5 Å². The van der Waals surface area contributed by atoms with Crippen LogP contribution in [-0.4, -0.2) is 43.6 Å². The number of carboxylic acid groups (broad SMARTS) is 1. The van der Waals surface area contributed by atoms with Crippen molar-refractivity contribution in [2.24, 2.45) is 0 Å². The highest BCUT2D eigenvalue weighted by molar-refractivity contribution is 7.10. The van der Waals surface area contributed by atoms with Crippen LogP contribution in [-0.2, 0) is 11.2 Å². The number of carbonyl (C=O) groups excluding carboxylic acids is 1. The van der Waals surface area contributed by atoms with Gasteiger partial charge in [-0.25, -0.2) is 9.78 Å². The van der Waals surface area contributed by atoms with Crippen LogP contribution in [0.25, 0.3) is 0 Å². The van der Waals surface area contributed by atoms with Crippen LogP contribution in [0.1, 0.15) is 27.1 Å². The largest absolute Gasteiger partial charge is 0.479 e. The first-order valence-corrected chi connectivity index (χ1v) is 6.52. The Hall–Kier alpha value is -2.22. The molecule has 8 heteroatoms. The Bertz CT molecular complexity index is 622. The summed E-state index contributed by atoms with van der Waals surface area (Å²) in [5.74, 6) is -1.42. The van der Waals surface area contributed by atoms with E-state index >= 15 is 0 Å². The first-order chi connectivity index (χ1) is 9.18. The lowest BCUT2D eigenvalue weighted by Gasteiger charge is -2.32. The van der Waals surface area contributed by atoms with Gasteiger partial charge in [0.15, 0.2) is 6.04 Å². The number of carbonyl (C=O) groups is 2. The van der Waals surface area contributed by atoms with Gasteiger partial charge in [-0.3, -0.25) is 9.89 Å². The van der Waals surface area contributed by atoms with Gasteiger partial charge in [0.1, 0.15) is 6.33 Å². The summed E-state index contributed by atoms with van der Waals surface area (Å²) in [6.07, 6.45) is 1.89. The predicted molar refractivity (Wildman–Crippen MR) is 65.8 cm³/mol. The van der Waals surface area contributed by atoms with Crippen LogP contribution in [0.4, 0.5) is 0 Å². The summed E-state index contributed by atoms with van der Waals surface area (Å²) in [5.41, 5.74) is 0.691. The van der Waals surface area contributed by atoms with E-state index in [4.69, 9.17) is 0 Å². The van der Waals surface area contributed by atoms with Crippen LogP contribution in [0.5, 0.6) is 0 Å². The van der Waals surface area contributed by atoms with Crippen molar-refractivity contribution in [2.75, 3.05) is 6.54 Å². The third-order valence-corrected chi connectivity index (χ3v) is 4.07. The molecule has 0 spiro atoms. The molecule has 98 valence electrons. The van der Waals surface area contributed by atoms with Crippen LogP contribution in [0.2, 0.25) is 0 Å². The van der Waals surface area contributed by atoms with Crippen molar-refractivity contribution in [1.82, 2.24) is 20.1 Å². The molecule has 1 aliphatic heterocycles. The minimum absolute atomic E-state index is 0.0601. The average Bonchev–Trinajstić information content (AvgIpc) is 3.06. The zero-order chi connectivity index (χ0) is 13.4. The van der Waals surface area contributed by atoms with E-state index < -0.39 is 17.9 Å². The van der Waals surface area contributed by atoms with Crippen LogP contribution >= 0.6 is 11.3 Å². The van der Waals surface area contributed by atoms with E-state index in [9.17, 15) is 14.7 Å². The van der Waals surface area contributed by atoms with Crippen LogP contribution in [0, 0.1) is 0 Å². The maximum atomic E-state index is 12.2. The Kier molecular flexibility index (Phi) is 2.79. The number of amides is 1. The molecule has 1 atom stereocenters. The number of carboxylic acids is 1.